The highest BCUT2D eigenvalue weighted by molar-refractivity contribution is 5.19. The van der Waals surface area contributed by atoms with Crippen LogP contribution in [0.3, 0.4) is 0 Å². The number of hydrogen-bond acceptors (Lipinski definition) is 3. The first-order chi connectivity index (χ1) is 7.81. The first kappa shape index (κ1) is 14.1. The molecule has 0 radical (unpaired) electrons. The average Bonchev–Trinajstić information content (AvgIpc) is 2.25. The SMILES string of the molecule is CC(C)(N)CCNCC(C)(C)c1cccnc1. The molecule has 1 rings (SSSR count). The zero-order valence-electron chi connectivity index (χ0n) is 11.5. The van der Waals surface area contributed by atoms with E-state index in [4.69, 9.17) is 5.73 Å². The van der Waals surface area contributed by atoms with Crippen LogP contribution in [-0.4, -0.2) is 23.6 Å². The van der Waals surface area contributed by atoms with Gasteiger partial charge in [-0.1, -0.05) is 19.9 Å². The maximum Gasteiger partial charge on any atom is 0.0305 e. The molecule has 0 aliphatic heterocycles. The van der Waals surface area contributed by atoms with Gasteiger partial charge in [-0.3, -0.25) is 4.98 Å². The zero-order valence-corrected chi connectivity index (χ0v) is 11.5. The Morgan fingerprint density at radius 2 is 2.00 bits per heavy atom. The van der Waals surface area contributed by atoms with Crippen LogP contribution in [0.25, 0.3) is 0 Å². The molecule has 0 fully saturated rings. The minimum Gasteiger partial charge on any atom is -0.326 e. The van der Waals surface area contributed by atoms with Gasteiger partial charge in [0, 0.05) is 29.9 Å². The van der Waals surface area contributed by atoms with Gasteiger partial charge in [0.1, 0.15) is 0 Å². The lowest BCUT2D eigenvalue weighted by Crippen LogP contribution is -2.39. The van der Waals surface area contributed by atoms with Gasteiger partial charge in [0.2, 0.25) is 0 Å². The van der Waals surface area contributed by atoms with E-state index in [0.29, 0.717) is 0 Å². The van der Waals surface area contributed by atoms with Crippen molar-refractivity contribution in [2.24, 2.45) is 5.73 Å². The lowest BCUT2D eigenvalue weighted by atomic mass is 9.85. The standard InChI is InChI=1S/C14H25N3/c1-13(2,12-6-5-8-16-10-12)11-17-9-7-14(3,4)15/h5-6,8,10,17H,7,9,11,15H2,1-4H3. The van der Waals surface area contributed by atoms with Crippen LogP contribution < -0.4 is 11.1 Å². The first-order valence-corrected chi connectivity index (χ1v) is 6.21. The van der Waals surface area contributed by atoms with Crippen molar-refractivity contribution in [2.75, 3.05) is 13.1 Å². The maximum absolute atomic E-state index is 5.95. The Labute approximate surface area is 105 Å². The Kier molecular flexibility index (Phi) is 4.66. The number of hydrogen-bond donors (Lipinski definition) is 2. The molecule has 1 heterocycles. The summed E-state index contributed by atoms with van der Waals surface area (Å²) in [5.41, 5.74) is 7.22. The van der Waals surface area contributed by atoms with Crippen molar-refractivity contribution in [3.8, 4) is 0 Å². The third kappa shape index (κ3) is 5.29. The molecule has 0 bridgehead atoms. The van der Waals surface area contributed by atoms with Crippen molar-refractivity contribution in [2.45, 2.75) is 45.1 Å². The minimum absolute atomic E-state index is 0.0918. The van der Waals surface area contributed by atoms with E-state index in [1.165, 1.54) is 5.56 Å². The summed E-state index contributed by atoms with van der Waals surface area (Å²) in [6, 6.07) is 4.11. The number of rotatable bonds is 6. The van der Waals surface area contributed by atoms with Crippen LogP contribution in [-0.2, 0) is 5.41 Å². The molecule has 1 aromatic heterocycles. The normalized spacial score (nSPS) is 12.8. The van der Waals surface area contributed by atoms with E-state index in [9.17, 15) is 0 Å². The third-order valence-electron chi connectivity index (χ3n) is 2.96. The second kappa shape index (κ2) is 5.61. The molecule has 3 N–H and O–H groups in total. The fraction of sp³-hybridized carbons (Fsp3) is 0.643. The third-order valence-corrected chi connectivity index (χ3v) is 2.96. The van der Waals surface area contributed by atoms with Crippen molar-refractivity contribution in [3.63, 3.8) is 0 Å². The Morgan fingerprint density at radius 3 is 2.53 bits per heavy atom. The van der Waals surface area contributed by atoms with Crippen LogP contribution in [0.4, 0.5) is 0 Å². The van der Waals surface area contributed by atoms with E-state index in [2.05, 4.69) is 44.1 Å². The van der Waals surface area contributed by atoms with Gasteiger partial charge in [-0.25, -0.2) is 0 Å². The quantitative estimate of drug-likeness (QED) is 0.742. The lowest BCUT2D eigenvalue weighted by molar-refractivity contribution is 0.417. The second-order valence-corrected chi connectivity index (χ2v) is 6.04. The molecule has 0 saturated carbocycles. The summed E-state index contributed by atoms with van der Waals surface area (Å²) in [4.78, 5) is 4.17. The summed E-state index contributed by atoms with van der Waals surface area (Å²) in [5.74, 6) is 0. The summed E-state index contributed by atoms with van der Waals surface area (Å²) in [6.45, 7) is 10.5. The first-order valence-electron chi connectivity index (χ1n) is 6.21. The predicted octanol–water partition coefficient (Wildman–Crippen LogP) is 2.08. The van der Waals surface area contributed by atoms with Crippen LogP contribution in [0.2, 0.25) is 0 Å². The van der Waals surface area contributed by atoms with E-state index >= 15 is 0 Å². The zero-order chi connectivity index (χ0) is 12.9. The van der Waals surface area contributed by atoms with Crippen LogP contribution in [0.5, 0.6) is 0 Å². The van der Waals surface area contributed by atoms with Crippen molar-refractivity contribution in [1.29, 1.82) is 0 Å². The molecule has 17 heavy (non-hydrogen) atoms. The molecule has 3 heteroatoms. The van der Waals surface area contributed by atoms with Crippen molar-refractivity contribution in [3.05, 3.63) is 30.1 Å². The van der Waals surface area contributed by atoms with Crippen LogP contribution in [0, 0.1) is 0 Å². The fourth-order valence-corrected chi connectivity index (χ4v) is 1.68. The summed E-state index contributed by atoms with van der Waals surface area (Å²) >= 11 is 0. The fourth-order valence-electron chi connectivity index (χ4n) is 1.68. The predicted molar refractivity (Wildman–Crippen MR) is 73.0 cm³/mol. The highest BCUT2D eigenvalue weighted by atomic mass is 14.9. The molecule has 0 saturated heterocycles. The Hall–Kier alpha value is -0.930. The van der Waals surface area contributed by atoms with Crippen molar-refractivity contribution in [1.82, 2.24) is 10.3 Å². The number of aromatic nitrogens is 1. The van der Waals surface area contributed by atoms with Gasteiger partial charge in [0.25, 0.3) is 0 Å². The molecule has 0 atom stereocenters. The van der Waals surface area contributed by atoms with Crippen LogP contribution >= 0.6 is 0 Å². The maximum atomic E-state index is 5.95. The van der Waals surface area contributed by atoms with Gasteiger partial charge in [-0.05, 0) is 38.4 Å². The number of nitrogens with one attached hydrogen (secondary N) is 1. The molecule has 0 aliphatic carbocycles. The molecule has 0 unspecified atom stereocenters. The van der Waals surface area contributed by atoms with Gasteiger partial charge in [0.05, 0.1) is 0 Å². The lowest BCUT2D eigenvalue weighted by Gasteiger charge is -2.26. The molecular formula is C14H25N3. The Balaban J connectivity index is 2.41. The molecule has 3 nitrogen and oxygen atoms in total. The largest absolute Gasteiger partial charge is 0.326 e. The number of pyridine rings is 1. The summed E-state index contributed by atoms with van der Waals surface area (Å²) in [5, 5.41) is 3.47. The minimum atomic E-state index is -0.0918. The number of nitrogens with two attached hydrogens (primary N) is 1. The molecule has 1 aromatic rings. The van der Waals surface area contributed by atoms with E-state index < -0.39 is 0 Å². The molecule has 96 valence electrons. The molecule has 0 aliphatic rings. The van der Waals surface area contributed by atoms with Gasteiger partial charge >= 0.3 is 0 Å². The van der Waals surface area contributed by atoms with Crippen molar-refractivity contribution >= 4 is 0 Å². The summed E-state index contributed by atoms with van der Waals surface area (Å²) in [7, 11) is 0. The van der Waals surface area contributed by atoms with E-state index in [1.54, 1.807) is 0 Å². The smallest absolute Gasteiger partial charge is 0.0305 e. The highest BCUT2D eigenvalue weighted by Crippen LogP contribution is 2.20. The molecule has 0 amide bonds. The van der Waals surface area contributed by atoms with Gasteiger partial charge in [-0.15, -0.1) is 0 Å². The highest BCUT2D eigenvalue weighted by Gasteiger charge is 2.20. The van der Waals surface area contributed by atoms with Crippen molar-refractivity contribution < 1.29 is 0 Å². The topological polar surface area (TPSA) is 50.9 Å². The van der Waals surface area contributed by atoms with Gasteiger partial charge in [0.15, 0.2) is 0 Å². The van der Waals surface area contributed by atoms with Gasteiger partial charge < -0.3 is 11.1 Å². The monoisotopic (exact) mass is 235 g/mol. The summed E-state index contributed by atoms with van der Waals surface area (Å²) < 4.78 is 0. The average molecular weight is 235 g/mol. The van der Waals surface area contributed by atoms with Crippen LogP contribution in [0.1, 0.15) is 39.7 Å². The molecule has 0 spiro atoms. The Bertz CT molecular complexity index is 325. The molecular weight excluding hydrogens is 210 g/mol. The van der Waals surface area contributed by atoms with Gasteiger partial charge in [-0.2, -0.15) is 0 Å². The Morgan fingerprint density at radius 1 is 1.29 bits per heavy atom. The number of nitrogens with zero attached hydrogens (tertiary/aromatic N) is 1. The van der Waals surface area contributed by atoms with E-state index in [0.717, 1.165) is 19.5 Å². The van der Waals surface area contributed by atoms with Crippen LogP contribution in [0.15, 0.2) is 24.5 Å². The second-order valence-electron chi connectivity index (χ2n) is 6.04. The molecule has 0 aromatic carbocycles. The van der Waals surface area contributed by atoms with E-state index in [-0.39, 0.29) is 11.0 Å². The van der Waals surface area contributed by atoms with E-state index in [1.807, 2.05) is 18.5 Å². The summed E-state index contributed by atoms with van der Waals surface area (Å²) in [6.07, 6.45) is 4.73.